The first-order valence-electron chi connectivity index (χ1n) is 7.33. The van der Waals surface area contributed by atoms with E-state index >= 15 is 0 Å². The molecule has 114 valence electrons. The van der Waals surface area contributed by atoms with Crippen LogP contribution >= 0.6 is 0 Å². The summed E-state index contributed by atoms with van der Waals surface area (Å²) in [6.45, 7) is 11.8. The van der Waals surface area contributed by atoms with Crippen LogP contribution in [-0.4, -0.2) is 41.2 Å². The molecule has 20 heavy (non-hydrogen) atoms. The Morgan fingerprint density at radius 1 is 1.15 bits per heavy atom. The van der Waals surface area contributed by atoms with Gasteiger partial charge in [0.2, 0.25) is 11.9 Å². The number of hydrogen-bond acceptors (Lipinski definition) is 6. The highest BCUT2D eigenvalue weighted by Gasteiger charge is 2.16. The van der Waals surface area contributed by atoms with E-state index in [0.717, 1.165) is 13.0 Å². The molecule has 0 aliphatic heterocycles. The van der Waals surface area contributed by atoms with Crippen LogP contribution in [0.5, 0.6) is 6.01 Å². The number of anilines is 2. The van der Waals surface area contributed by atoms with Crippen LogP contribution in [0.25, 0.3) is 0 Å². The van der Waals surface area contributed by atoms with Gasteiger partial charge in [0.25, 0.3) is 0 Å². The predicted molar refractivity (Wildman–Crippen MR) is 82.5 cm³/mol. The van der Waals surface area contributed by atoms with E-state index in [4.69, 9.17) is 4.74 Å². The fraction of sp³-hybridized carbons (Fsp3) is 0.786. The number of nitrogens with zero attached hydrogens (tertiary/aromatic N) is 4. The van der Waals surface area contributed by atoms with Gasteiger partial charge >= 0.3 is 6.01 Å². The highest BCUT2D eigenvalue weighted by atomic mass is 16.5. The first kappa shape index (κ1) is 16.5. The molecular formula is C14H27N5O. The van der Waals surface area contributed by atoms with Crippen LogP contribution in [0.2, 0.25) is 0 Å². The van der Waals surface area contributed by atoms with Crippen LogP contribution in [0.15, 0.2) is 0 Å². The fourth-order valence-corrected chi connectivity index (χ4v) is 1.97. The van der Waals surface area contributed by atoms with Crippen molar-refractivity contribution >= 4 is 11.9 Å². The van der Waals surface area contributed by atoms with Crippen molar-refractivity contribution in [3.63, 3.8) is 0 Å². The molecule has 0 saturated carbocycles. The molecule has 6 nitrogen and oxygen atoms in total. The van der Waals surface area contributed by atoms with Crippen LogP contribution in [0.3, 0.4) is 0 Å². The first-order chi connectivity index (χ1) is 9.47. The molecule has 1 heterocycles. The van der Waals surface area contributed by atoms with E-state index in [2.05, 4.69) is 45.9 Å². The Bertz CT molecular complexity index is 386. The SMILES string of the molecule is CCNc1nc(OCC)nc(N(C)C(C)CC(C)C)n1. The van der Waals surface area contributed by atoms with E-state index in [1.54, 1.807) is 0 Å². The number of nitrogens with one attached hydrogen (secondary N) is 1. The Balaban J connectivity index is 2.96. The van der Waals surface area contributed by atoms with Gasteiger partial charge in [0.15, 0.2) is 0 Å². The number of aromatic nitrogens is 3. The number of ether oxygens (including phenoxy) is 1. The van der Waals surface area contributed by atoms with E-state index in [0.29, 0.717) is 36.5 Å². The van der Waals surface area contributed by atoms with E-state index < -0.39 is 0 Å². The fourth-order valence-electron chi connectivity index (χ4n) is 1.97. The zero-order valence-electron chi connectivity index (χ0n) is 13.5. The van der Waals surface area contributed by atoms with Gasteiger partial charge in [0.05, 0.1) is 6.61 Å². The molecule has 0 aliphatic rings. The van der Waals surface area contributed by atoms with Crippen molar-refractivity contribution in [2.45, 2.75) is 47.1 Å². The molecule has 1 aromatic heterocycles. The minimum absolute atomic E-state index is 0.362. The van der Waals surface area contributed by atoms with Crippen molar-refractivity contribution in [3.8, 4) is 6.01 Å². The van der Waals surface area contributed by atoms with Crippen molar-refractivity contribution in [3.05, 3.63) is 0 Å². The second-order valence-corrected chi connectivity index (χ2v) is 5.29. The topological polar surface area (TPSA) is 63.2 Å². The van der Waals surface area contributed by atoms with Gasteiger partial charge in [-0.1, -0.05) is 13.8 Å². The van der Waals surface area contributed by atoms with Crippen molar-refractivity contribution in [1.82, 2.24) is 15.0 Å². The quantitative estimate of drug-likeness (QED) is 0.790. The standard InChI is InChI=1S/C14H27N5O/c1-7-15-12-16-13(18-14(17-12)20-8-2)19(6)11(5)9-10(3)4/h10-11H,7-9H2,1-6H3,(H,15,16,17,18). The molecule has 1 aromatic rings. The summed E-state index contributed by atoms with van der Waals surface area (Å²) in [5, 5.41) is 3.11. The third kappa shape index (κ3) is 4.83. The highest BCUT2D eigenvalue weighted by molar-refractivity contribution is 5.38. The summed E-state index contributed by atoms with van der Waals surface area (Å²) in [7, 11) is 2.01. The molecule has 0 saturated heterocycles. The van der Waals surface area contributed by atoms with Crippen molar-refractivity contribution < 1.29 is 4.74 Å². The van der Waals surface area contributed by atoms with E-state index in [9.17, 15) is 0 Å². The third-order valence-electron chi connectivity index (χ3n) is 3.00. The maximum absolute atomic E-state index is 5.42. The van der Waals surface area contributed by atoms with Crippen LogP contribution in [0.4, 0.5) is 11.9 Å². The lowest BCUT2D eigenvalue weighted by Gasteiger charge is -2.26. The Morgan fingerprint density at radius 3 is 2.40 bits per heavy atom. The summed E-state index contributed by atoms with van der Waals surface area (Å²) >= 11 is 0. The molecule has 1 rings (SSSR count). The van der Waals surface area contributed by atoms with Crippen LogP contribution in [-0.2, 0) is 0 Å². The van der Waals surface area contributed by atoms with Gasteiger partial charge in [0.1, 0.15) is 0 Å². The highest BCUT2D eigenvalue weighted by Crippen LogP contribution is 2.18. The first-order valence-corrected chi connectivity index (χ1v) is 7.33. The Morgan fingerprint density at radius 2 is 1.85 bits per heavy atom. The number of rotatable bonds is 8. The summed E-state index contributed by atoms with van der Waals surface area (Å²) in [6, 6.07) is 0.735. The van der Waals surface area contributed by atoms with Crippen LogP contribution in [0.1, 0.15) is 41.0 Å². The smallest absolute Gasteiger partial charge is 0.323 e. The summed E-state index contributed by atoms with van der Waals surface area (Å²) < 4.78 is 5.42. The van der Waals surface area contributed by atoms with Crippen LogP contribution < -0.4 is 15.0 Å². The molecule has 1 atom stereocenters. The number of hydrogen-bond donors (Lipinski definition) is 1. The lowest BCUT2D eigenvalue weighted by atomic mass is 10.0. The molecule has 0 amide bonds. The molecule has 0 aromatic carbocycles. The molecule has 1 N–H and O–H groups in total. The maximum atomic E-state index is 5.42. The zero-order chi connectivity index (χ0) is 15.1. The second kappa shape index (κ2) is 7.87. The Labute approximate surface area is 122 Å². The molecule has 0 spiro atoms. The largest absolute Gasteiger partial charge is 0.464 e. The lowest BCUT2D eigenvalue weighted by Crippen LogP contribution is -2.32. The van der Waals surface area contributed by atoms with Gasteiger partial charge in [-0.25, -0.2) is 0 Å². The van der Waals surface area contributed by atoms with E-state index in [1.165, 1.54) is 0 Å². The van der Waals surface area contributed by atoms with E-state index in [-0.39, 0.29) is 0 Å². The summed E-state index contributed by atoms with van der Waals surface area (Å²) in [5.74, 6) is 1.84. The maximum Gasteiger partial charge on any atom is 0.323 e. The average molecular weight is 281 g/mol. The molecule has 0 aliphatic carbocycles. The van der Waals surface area contributed by atoms with Crippen molar-refractivity contribution in [1.29, 1.82) is 0 Å². The molecule has 6 heteroatoms. The summed E-state index contributed by atoms with van der Waals surface area (Å²) in [4.78, 5) is 15.1. The van der Waals surface area contributed by atoms with E-state index in [1.807, 2.05) is 20.9 Å². The van der Waals surface area contributed by atoms with Gasteiger partial charge in [-0.3, -0.25) is 0 Å². The summed E-state index contributed by atoms with van der Waals surface area (Å²) in [5.41, 5.74) is 0. The Kier molecular flexibility index (Phi) is 6.48. The lowest BCUT2D eigenvalue weighted by molar-refractivity contribution is 0.311. The molecule has 0 radical (unpaired) electrons. The van der Waals surface area contributed by atoms with Gasteiger partial charge in [-0.15, -0.1) is 0 Å². The van der Waals surface area contributed by atoms with Crippen LogP contribution in [0, 0.1) is 5.92 Å². The molecule has 1 unspecified atom stereocenters. The minimum Gasteiger partial charge on any atom is -0.464 e. The normalized spacial score (nSPS) is 12.3. The van der Waals surface area contributed by atoms with Gasteiger partial charge < -0.3 is 15.0 Å². The molecular weight excluding hydrogens is 254 g/mol. The van der Waals surface area contributed by atoms with Crippen molar-refractivity contribution in [2.24, 2.45) is 5.92 Å². The zero-order valence-corrected chi connectivity index (χ0v) is 13.5. The van der Waals surface area contributed by atoms with Gasteiger partial charge in [-0.2, -0.15) is 15.0 Å². The Hall–Kier alpha value is -1.59. The minimum atomic E-state index is 0.362. The van der Waals surface area contributed by atoms with Gasteiger partial charge in [0, 0.05) is 19.6 Å². The monoisotopic (exact) mass is 281 g/mol. The molecule has 0 fully saturated rings. The average Bonchev–Trinajstić information content (AvgIpc) is 2.37. The van der Waals surface area contributed by atoms with Crippen molar-refractivity contribution in [2.75, 3.05) is 30.4 Å². The van der Waals surface area contributed by atoms with Gasteiger partial charge in [-0.05, 0) is 33.1 Å². The summed E-state index contributed by atoms with van der Waals surface area (Å²) in [6.07, 6.45) is 1.09. The third-order valence-corrected chi connectivity index (χ3v) is 3.00. The predicted octanol–water partition coefficient (Wildman–Crippen LogP) is 2.57. The second-order valence-electron chi connectivity index (χ2n) is 5.29. The molecule has 0 bridgehead atoms.